The van der Waals surface area contributed by atoms with Crippen molar-refractivity contribution in [2.24, 2.45) is 0 Å². The highest BCUT2D eigenvalue weighted by Crippen LogP contribution is 2.18. The highest BCUT2D eigenvalue weighted by Gasteiger charge is 2.23. The van der Waals surface area contributed by atoms with Crippen LogP contribution in [0.5, 0.6) is 0 Å². The third-order valence-corrected chi connectivity index (χ3v) is 2.48. The van der Waals surface area contributed by atoms with Crippen LogP contribution >= 0.6 is 0 Å². The third-order valence-electron chi connectivity index (χ3n) is 2.48. The van der Waals surface area contributed by atoms with Gasteiger partial charge in [-0.05, 0) is 19.9 Å². The van der Waals surface area contributed by atoms with Gasteiger partial charge in [-0.2, -0.15) is 0 Å². The predicted octanol–water partition coefficient (Wildman–Crippen LogP) is 0.794. The van der Waals surface area contributed by atoms with Crippen molar-refractivity contribution in [2.45, 2.75) is 19.4 Å². The first kappa shape index (κ1) is 15.6. The molecule has 3 N–H and O–H groups in total. The van der Waals surface area contributed by atoms with Crippen LogP contribution in [0.4, 0.5) is 5.69 Å². The summed E-state index contributed by atoms with van der Waals surface area (Å²) in [6.07, 6.45) is 0. The van der Waals surface area contributed by atoms with Gasteiger partial charge in [-0.1, -0.05) is 0 Å². The second-order valence-corrected chi connectivity index (χ2v) is 4.83. The molecule has 8 nitrogen and oxygen atoms in total. The van der Waals surface area contributed by atoms with E-state index in [1.165, 1.54) is 0 Å². The van der Waals surface area contributed by atoms with Gasteiger partial charge in [0.1, 0.15) is 0 Å². The molecule has 0 radical (unpaired) electrons. The van der Waals surface area contributed by atoms with Crippen molar-refractivity contribution in [3.8, 4) is 0 Å². The lowest BCUT2D eigenvalue weighted by atomic mass is 10.0. The minimum Gasteiger partial charge on any atom is -0.478 e. The van der Waals surface area contributed by atoms with Crippen molar-refractivity contribution >= 4 is 17.6 Å². The minimum absolute atomic E-state index is 0.155. The molecule has 0 unspecified atom stereocenters. The monoisotopic (exact) mass is 282 g/mol. The molecule has 0 fully saturated rings. The average molecular weight is 282 g/mol. The summed E-state index contributed by atoms with van der Waals surface area (Å²) in [5.74, 6) is -2.07. The summed E-state index contributed by atoms with van der Waals surface area (Å²) in [7, 11) is 0. The maximum absolute atomic E-state index is 11.9. The molecule has 0 aliphatic heterocycles. The number of hydrogen-bond donors (Lipinski definition) is 3. The molecule has 8 heteroatoms. The van der Waals surface area contributed by atoms with Gasteiger partial charge in [0.05, 0.1) is 22.6 Å². The Balaban J connectivity index is 3.20. The van der Waals surface area contributed by atoms with E-state index < -0.39 is 28.0 Å². The summed E-state index contributed by atoms with van der Waals surface area (Å²) >= 11 is 0. The quantitative estimate of drug-likeness (QED) is 0.540. The van der Waals surface area contributed by atoms with Crippen LogP contribution < -0.4 is 5.32 Å². The van der Waals surface area contributed by atoms with Crippen molar-refractivity contribution in [2.75, 3.05) is 6.61 Å². The van der Waals surface area contributed by atoms with Crippen molar-refractivity contribution in [3.63, 3.8) is 0 Å². The van der Waals surface area contributed by atoms with Crippen LogP contribution in [0.1, 0.15) is 34.6 Å². The first-order valence-corrected chi connectivity index (χ1v) is 5.62. The van der Waals surface area contributed by atoms with E-state index >= 15 is 0 Å². The van der Waals surface area contributed by atoms with E-state index in [4.69, 9.17) is 10.2 Å². The number of aromatic carboxylic acids is 1. The van der Waals surface area contributed by atoms with Crippen molar-refractivity contribution in [1.82, 2.24) is 5.32 Å². The number of benzene rings is 1. The number of hydrogen-bond acceptors (Lipinski definition) is 5. The van der Waals surface area contributed by atoms with E-state index in [9.17, 15) is 19.7 Å². The minimum atomic E-state index is -1.37. The fourth-order valence-electron chi connectivity index (χ4n) is 1.39. The zero-order valence-electron chi connectivity index (χ0n) is 10.9. The van der Waals surface area contributed by atoms with Gasteiger partial charge in [-0.15, -0.1) is 0 Å². The fraction of sp³-hybridized carbons (Fsp3) is 0.333. The van der Waals surface area contributed by atoms with E-state index in [1.807, 2.05) is 0 Å². The molecule has 0 aliphatic rings. The van der Waals surface area contributed by atoms with Gasteiger partial charge in [0.15, 0.2) is 0 Å². The Hall–Kier alpha value is -2.48. The van der Waals surface area contributed by atoms with Crippen LogP contribution in [0, 0.1) is 10.1 Å². The van der Waals surface area contributed by atoms with Crippen LogP contribution in [0.25, 0.3) is 0 Å². The number of nitrogens with zero attached hydrogens (tertiary/aromatic N) is 1. The summed E-state index contributed by atoms with van der Waals surface area (Å²) in [4.78, 5) is 32.8. The molecule has 0 spiro atoms. The highest BCUT2D eigenvalue weighted by molar-refractivity contribution is 5.98. The Morgan fingerprint density at radius 2 is 1.85 bits per heavy atom. The van der Waals surface area contributed by atoms with Gasteiger partial charge in [0, 0.05) is 17.7 Å². The molecule has 1 aromatic rings. The summed E-state index contributed by atoms with van der Waals surface area (Å²) in [6.45, 7) is 2.78. The van der Waals surface area contributed by atoms with Gasteiger partial charge >= 0.3 is 5.97 Å². The van der Waals surface area contributed by atoms with Crippen LogP contribution in [0.15, 0.2) is 18.2 Å². The number of amides is 1. The molecule has 0 aromatic heterocycles. The average Bonchev–Trinajstić information content (AvgIpc) is 2.37. The Morgan fingerprint density at radius 3 is 2.30 bits per heavy atom. The maximum atomic E-state index is 11.9. The van der Waals surface area contributed by atoms with E-state index in [1.54, 1.807) is 13.8 Å². The molecule has 1 rings (SSSR count). The summed E-state index contributed by atoms with van der Waals surface area (Å²) in [6, 6.07) is 2.89. The number of non-ortho nitro benzene ring substituents is 1. The number of nitro benzene ring substituents is 1. The predicted molar refractivity (Wildman–Crippen MR) is 68.7 cm³/mol. The zero-order valence-corrected chi connectivity index (χ0v) is 10.9. The van der Waals surface area contributed by atoms with Gasteiger partial charge in [0.25, 0.3) is 11.6 Å². The topological polar surface area (TPSA) is 130 Å². The van der Waals surface area contributed by atoms with E-state index in [-0.39, 0.29) is 17.7 Å². The van der Waals surface area contributed by atoms with E-state index in [0.29, 0.717) is 0 Å². The number of carbonyl (C=O) groups is 2. The van der Waals surface area contributed by atoms with Crippen LogP contribution in [0.3, 0.4) is 0 Å². The second-order valence-electron chi connectivity index (χ2n) is 4.83. The Bertz CT molecular complexity index is 535. The highest BCUT2D eigenvalue weighted by atomic mass is 16.6. The number of aliphatic hydroxyl groups excluding tert-OH is 1. The lowest BCUT2D eigenvalue weighted by molar-refractivity contribution is -0.384. The van der Waals surface area contributed by atoms with Crippen LogP contribution in [-0.4, -0.2) is 39.2 Å². The Labute approximate surface area is 114 Å². The van der Waals surface area contributed by atoms with Gasteiger partial charge in [-0.25, -0.2) is 4.79 Å². The van der Waals surface area contributed by atoms with Crippen molar-refractivity contribution < 1.29 is 24.7 Å². The third kappa shape index (κ3) is 3.75. The number of nitro groups is 1. The SMILES string of the molecule is CC(C)(CO)NC(=O)c1cc(C(=O)O)cc([N+](=O)[O-])c1. The lowest BCUT2D eigenvalue weighted by Crippen LogP contribution is -2.46. The molecule has 0 saturated heterocycles. The molecular formula is C12H14N2O6. The fourth-order valence-corrected chi connectivity index (χ4v) is 1.39. The first-order chi connectivity index (χ1) is 9.16. The molecule has 0 aliphatic carbocycles. The first-order valence-electron chi connectivity index (χ1n) is 5.62. The number of rotatable bonds is 5. The number of carbonyl (C=O) groups excluding carboxylic acids is 1. The largest absolute Gasteiger partial charge is 0.478 e. The number of aliphatic hydroxyl groups is 1. The summed E-state index contributed by atoms with van der Waals surface area (Å²) in [5.41, 5.74) is -1.92. The van der Waals surface area contributed by atoms with Crippen molar-refractivity contribution in [3.05, 3.63) is 39.4 Å². The molecule has 108 valence electrons. The van der Waals surface area contributed by atoms with E-state index in [0.717, 1.165) is 18.2 Å². The maximum Gasteiger partial charge on any atom is 0.335 e. The Morgan fingerprint density at radius 1 is 1.30 bits per heavy atom. The Kier molecular flexibility index (Phi) is 4.41. The van der Waals surface area contributed by atoms with Gasteiger partial charge in [-0.3, -0.25) is 14.9 Å². The molecule has 0 saturated carbocycles. The van der Waals surface area contributed by atoms with Crippen LogP contribution in [0.2, 0.25) is 0 Å². The molecule has 1 amide bonds. The molecule has 0 atom stereocenters. The standard InChI is InChI=1S/C12H14N2O6/c1-12(2,6-15)13-10(16)7-3-8(11(17)18)5-9(4-7)14(19)20/h3-5,15H,6H2,1-2H3,(H,13,16)(H,17,18). The normalized spacial score (nSPS) is 10.9. The summed E-state index contributed by atoms with van der Waals surface area (Å²) in [5, 5.41) is 31.1. The van der Waals surface area contributed by atoms with Gasteiger partial charge in [0.2, 0.25) is 0 Å². The van der Waals surface area contributed by atoms with Crippen molar-refractivity contribution in [1.29, 1.82) is 0 Å². The zero-order chi connectivity index (χ0) is 15.5. The number of carboxylic acids is 1. The van der Waals surface area contributed by atoms with Gasteiger partial charge < -0.3 is 15.5 Å². The van der Waals surface area contributed by atoms with E-state index in [2.05, 4.69) is 5.32 Å². The number of nitrogens with one attached hydrogen (secondary N) is 1. The van der Waals surface area contributed by atoms with Crippen LogP contribution in [-0.2, 0) is 0 Å². The summed E-state index contributed by atoms with van der Waals surface area (Å²) < 4.78 is 0. The molecule has 1 aromatic carbocycles. The molecule has 0 bridgehead atoms. The molecule has 0 heterocycles. The molecular weight excluding hydrogens is 268 g/mol. The smallest absolute Gasteiger partial charge is 0.335 e. The number of carboxylic acid groups (broad SMARTS) is 1. The second kappa shape index (κ2) is 5.66. The molecule has 20 heavy (non-hydrogen) atoms. The lowest BCUT2D eigenvalue weighted by Gasteiger charge is -2.23.